The molecule has 1 aliphatic heterocycles. The highest BCUT2D eigenvalue weighted by Crippen LogP contribution is 2.65. The van der Waals surface area contributed by atoms with Gasteiger partial charge in [-0.25, -0.2) is 0 Å². The van der Waals surface area contributed by atoms with Crippen molar-refractivity contribution in [3.63, 3.8) is 0 Å². The van der Waals surface area contributed by atoms with Crippen LogP contribution in [0.5, 0.6) is 0 Å². The molecule has 0 radical (unpaired) electrons. The molecule has 0 spiro atoms. The first kappa shape index (κ1) is 21.7. The topological polar surface area (TPSA) is 67.4 Å². The fourth-order valence-electron chi connectivity index (χ4n) is 3.59. The van der Waals surface area contributed by atoms with E-state index in [4.69, 9.17) is 51.1 Å². The summed E-state index contributed by atoms with van der Waals surface area (Å²) in [6.45, 7) is 2.85. The van der Waals surface area contributed by atoms with E-state index in [9.17, 15) is 9.59 Å². The zero-order valence-electron chi connectivity index (χ0n) is 15.8. The summed E-state index contributed by atoms with van der Waals surface area (Å²) in [6, 6.07) is 10.2. The van der Waals surface area contributed by atoms with Gasteiger partial charge < -0.3 is 15.4 Å². The van der Waals surface area contributed by atoms with Gasteiger partial charge in [-0.15, -0.1) is 23.2 Å². The van der Waals surface area contributed by atoms with Crippen molar-refractivity contribution in [1.29, 1.82) is 0 Å². The van der Waals surface area contributed by atoms with Crippen molar-refractivity contribution in [3.05, 3.63) is 63.1 Å². The molecular weight excluding hydrogens is 470 g/mol. The van der Waals surface area contributed by atoms with Gasteiger partial charge in [-0.2, -0.15) is 0 Å². The Balaban J connectivity index is 1.49. The predicted molar refractivity (Wildman–Crippen MR) is 119 cm³/mol. The number of amides is 2. The first-order valence-corrected chi connectivity index (χ1v) is 10.8. The predicted octanol–water partition coefficient (Wildman–Crippen LogP) is 4.96. The Bertz CT molecular complexity index is 1000. The number of carbonyl (C=O) groups excluding carboxylic acids is 2. The van der Waals surface area contributed by atoms with Gasteiger partial charge >= 0.3 is 0 Å². The van der Waals surface area contributed by atoms with Gasteiger partial charge in [0.1, 0.15) is 4.33 Å². The average molecular weight is 488 g/mol. The van der Waals surface area contributed by atoms with Gasteiger partial charge in [-0.05, 0) is 48.4 Å². The Morgan fingerprint density at radius 2 is 1.83 bits per heavy atom. The van der Waals surface area contributed by atoms with Crippen LogP contribution in [0.2, 0.25) is 10.0 Å². The quantitative estimate of drug-likeness (QED) is 0.586. The summed E-state index contributed by atoms with van der Waals surface area (Å²) in [7, 11) is 0. The van der Waals surface area contributed by atoms with Gasteiger partial charge in [0.25, 0.3) is 5.91 Å². The molecule has 9 heteroatoms. The van der Waals surface area contributed by atoms with Crippen LogP contribution in [0.3, 0.4) is 0 Å². The minimum atomic E-state index is -1.24. The second-order valence-corrected chi connectivity index (χ2v) is 9.87. The molecule has 0 aromatic heterocycles. The summed E-state index contributed by atoms with van der Waals surface area (Å²) in [5, 5.41) is 6.46. The van der Waals surface area contributed by atoms with Crippen LogP contribution in [0.4, 0.5) is 5.69 Å². The molecule has 30 heavy (non-hydrogen) atoms. The Labute approximate surface area is 194 Å². The van der Waals surface area contributed by atoms with Gasteiger partial charge in [-0.3, -0.25) is 9.59 Å². The number of aryl methyl sites for hydroxylation is 1. The van der Waals surface area contributed by atoms with E-state index in [1.165, 1.54) is 6.07 Å². The lowest BCUT2D eigenvalue weighted by molar-refractivity contribution is -0.117. The molecule has 2 aromatic rings. The number of hydrogen-bond donors (Lipinski definition) is 2. The monoisotopic (exact) mass is 486 g/mol. The second-order valence-electron chi connectivity index (χ2n) is 7.58. The Kier molecular flexibility index (Phi) is 5.94. The van der Waals surface area contributed by atoms with Crippen molar-refractivity contribution >= 4 is 63.9 Å². The van der Waals surface area contributed by atoms with Gasteiger partial charge in [0.2, 0.25) is 5.91 Å². The van der Waals surface area contributed by atoms with E-state index in [-0.39, 0.29) is 34.4 Å². The maximum absolute atomic E-state index is 12.9. The maximum Gasteiger partial charge on any atom is 0.253 e. The number of nitrogens with one attached hydrogen (secondary N) is 2. The molecule has 1 saturated carbocycles. The van der Waals surface area contributed by atoms with Crippen LogP contribution < -0.4 is 10.6 Å². The zero-order valence-corrected chi connectivity index (χ0v) is 18.9. The summed E-state index contributed by atoms with van der Waals surface area (Å²) in [4.78, 5) is 25.3. The minimum absolute atomic E-state index is 0.0340. The zero-order chi connectivity index (χ0) is 21.6. The minimum Gasteiger partial charge on any atom is -0.377 e. The molecular formula is C21H18Cl4N2O3. The van der Waals surface area contributed by atoms with Crippen LogP contribution in [0, 0.1) is 12.8 Å². The molecule has 2 amide bonds. The molecule has 5 nitrogen and oxygen atoms in total. The number of halogens is 4. The smallest absolute Gasteiger partial charge is 0.253 e. The first-order chi connectivity index (χ1) is 14.2. The number of ether oxygens (including phenoxy) is 1. The van der Waals surface area contributed by atoms with E-state index in [2.05, 4.69) is 10.6 Å². The Morgan fingerprint density at radius 1 is 1.10 bits per heavy atom. The van der Waals surface area contributed by atoms with Crippen LogP contribution in [0.1, 0.15) is 27.4 Å². The van der Waals surface area contributed by atoms with Crippen LogP contribution in [0.15, 0.2) is 36.4 Å². The van der Waals surface area contributed by atoms with Crippen LogP contribution in [-0.2, 0) is 9.53 Å². The number of rotatable bonds is 5. The van der Waals surface area contributed by atoms with Crippen molar-refractivity contribution in [2.75, 3.05) is 18.5 Å². The number of carbonyl (C=O) groups is 2. The maximum atomic E-state index is 12.9. The number of alkyl halides is 2. The molecule has 2 aromatic carbocycles. The SMILES string of the molecule is Cc1cc(Cl)cc(C2C(C(=O)Nc3ccc(Cl)c(C(=O)NC4COC4)c3)C2(Cl)Cl)c1. The standard InChI is InChI=1S/C21H18Cl4N2O3/c1-10-4-11(6-12(22)5-10)17-18(21(17,24)25)20(29)26-13-2-3-16(23)15(7-13)19(28)27-14-8-30-9-14/h2-7,14,17-18H,8-9H2,1H3,(H,26,29)(H,27,28). The van der Waals surface area contributed by atoms with Gasteiger partial charge in [0.05, 0.1) is 35.8 Å². The molecule has 2 fully saturated rings. The molecule has 2 atom stereocenters. The van der Waals surface area contributed by atoms with E-state index in [1.54, 1.807) is 18.2 Å². The number of anilines is 1. The summed E-state index contributed by atoms with van der Waals surface area (Å²) < 4.78 is 3.82. The first-order valence-electron chi connectivity index (χ1n) is 9.30. The summed E-state index contributed by atoms with van der Waals surface area (Å²) in [5.74, 6) is -1.71. The van der Waals surface area contributed by atoms with E-state index in [0.717, 1.165) is 11.1 Å². The summed E-state index contributed by atoms with van der Waals surface area (Å²) >= 11 is 25.2. The van der Waals surface area contributed by atoms with E-state index in [1.807, 2.05) is 19.1 Å². The summed E-state index contributed by atoms with van der Waals surface area (Å²) in [6.07, 6.45) is 0. The highest BCUT2D eigenvalue weighted by atomic mass is 35.5. The third kappa shape index (κ3) is 4.27. The second kappa shape index (κ2) is 8.21. The lowest BCUT2D eigenvalue weighted by Gasteiger charge is -2.27. The average Bonchev–Trinajstić information content (AvgIpc) is 3.21. The fourth-order valence-corrected chi connectivity index (χ4v) is 4.92. The number of benzene rings is 2. The normalized spacial score (nSPS) is 22.2. The molecule has 1 aliphatic carbocycles. The Morgan fingerprint density at radius 3 is 2.47 bits per heavy atom. The number of hydrogen-bond acceptors (Lipinski definition) is 3. The molecule has 2 N–H and O–H groups in total. The van der Waals surface area contributed by atoms with E-state index in [0.29, 0.717) is 23.9 Å². The van der Waals surface area contributed by atoms with Crippen molar-refractivity contribution in [1.82, 2.24) is 5.32 Å². The molecule has 2 unspecified atom stereocenters. The summed E-state index contributed by atoms with van der Waals surface area (Å²) in [5.41, 5.74) is 2.46. The van der Waals surface area contributed by atoms with Crippen molar-refractivity contribution < 1.29 is 14.3 Å². The molecule has 4 rings (SSSR count). The van der Waals surface area contributed by atoms with Crippen LogP contribution in [0.25, 0.3) is 0 Å². The molecule has 1 heterocycles. The van der Waals surface area contributed by atoms with Crippen LogP contribution >= 0.6 is 46.4 Å². The molecule has 0 bridgehead atoms. The van der Waals surface area contributed by atoms with E-state index < -0.39 is 10.3 Å². The largest absolute Gasteiger partial charge is 0.377 e. The van der Waals surface area contributed by atoms with E-state index >= 15 is 0 Å². The van der Waals surface area contributed by atoms with Crippen molar-refractivity contribution in [3.8, 4) is 0 Å². The lowest BCUT2D eigenvalue weighted by Crippen LogP contribution is -2.48. The molecule has 2 aliphatic rings. The highest BCUT2D eigenvalue weighted by molar-refractivity contribution is 6.53. The van der Waals surface area contributed by atoms with Crippen molar-refractivity contribution in [2.24, 2.45) is 5.92 Å². The third-order valence-corrected chi connectivity index (χ3v) is 6.70. The highest BCUT2D eigenvalue weighted by Gasteiger charge is 2.67. The molecule has 1 saturated heterocycles. The van der Waals surface area contributed by atoms with Gasteiger partial charge in [0.15, 0.2) is 0 Å². The fraction of sp³-hybridized carbons (Fsp3) is 0.333. The van der Waals surface area contributed by atoms with Gasteiger partial charge in [0, 0.05) is 16.6 Å². The third-order valence-electron chi connectivity index (χ3n) is 5.21. The van der Waals surface area contributed by atoms with Crippen molar-refractivity contribution in [2.45, 2.75) is 23.2 Å². The van der Waals surface area contributed by atoms with Gasteiger partial charge in [-0.1, -0.05) is 29.3 Å². The lowest BCUT2D eigenvalue weighted by atomic mass is 10.1. The molecule has 158 valence electrons. The Hall–Kier alpha value is -1.50. The van der Waals surface area contributed by atoms with Crippen LogP contribution in [-0.4, -0.2) is 35.4 Å².